The predicted octanol–water partition coefficient (Wildman–Crippen LogP) is 5.82. The van der Waals surface area contributed by atoms with Crippen molar-refractivity contribution in [1.82, 2.24) is 4.57 Å². The van der Waals surface area contributed by atoms with Crippen molar-refractivity contribution in [2.24, 2.45) is 5.92 Å². The van der Waals surface area contributed by atoms with Gasteiger partial charge in [0.05, 0.1) is 17.5 Å². The average Bonchev–Trinajstić information content (AvgIpc) is 3.36. The molecule has 0 radical (unpaired) electrons. The molecule has 1 aliphatic rings. The van der Waals surface area contributed by atoms with Crippen molar-refractivity contribution in [3.8, 4) is 0 Å². The second-order valence-corrected chi connectivity index (χ2v) is 11.9. The summed E-state index contributed by atoms with van der Waals surface area (Å²) in [5, 5.41) is 15.3. The van der Waals surface area contributed by atoms with Gasteiger partial charge in [-0.25, -0.2) is 0 Å². The lowest BCUT2D eigenvalue weighted by molar-refractivity contribution is -0.120. The molecule has 7 nitrogen and oxygen atoms in total. The van der Waals surface area contributed by atoms with Crippen LogP contribution in [0.15, 0.2) is 90.0 Å². The first-order valence-corrected chi connectivity index (χ1v) is 14.8. The Balaban J connectivity index is 1.38. The Morgan fingerprint density at radius 3 is 2.44 bits per heavy atom. The van der Waals surface area contributed by atoms with Gasteiger partial charge in [-0.3, -0.25) is 8.98 Å². The normalized spacial score (nSPS) is 16.2. The first-order chi connectivity index (χ1) is 18.8. The predicted molar refractivity (Wildman–Crippen MR) is 152 cm³/mol. The monoisotopic (exact) mass is 546 g/mol. The highest BCUT2D eigenvalue weighted by Gasteiger charge is 2.27. The van der Waals surface area contributed by atoms with Crippen molar-refractivity contribution < 1.29 is 22.5 Å². The molecule has 8 heteroatoms. The van der Waals surface area contributed by atoms with Gasteiger partial charge in [0.15, 0.2) is 0 Å². The van der Waals surface area contributed by atoms with Gasteiger partial charge < -0.3 is 15.0 Å². The lowest BCUT2D eigenvalue weighted by atomic mass is 9.88. The molecule has 39 heavy (non-hydrogen) atoms. The van der Waals surface area contributed by atoms with E-state index in [1.54, 1.807) is 12.1 Å². The van der Waals surface area contributed by atoms with Crippen LogP contribution in [0.5, 0.6) is 0 Å². The summed E-state index contributed by atoms with van der Waals surface area (Å²) in [7, 11) is -4.04. The second-order valence-electron chi connectivity index (χ2n) is 10.3. The highest BCUT2D eigenvalue weighted by molar-refractivity contribution is 7.86. The number of nitrogens with one attached hydrogen (secondary N) is 1. The lowest BCUT2D eigenvalue weighted by Gasteiger charge is -2.26. The summed E-state index contributed by atoms with van der Waals surface area (Å²) in [5.41, 5.74) is 3.34. The summed E-state index contributed by atoms with van der Waals surface area (Å²) in [6.45, 7) is 1.46. The third-order valence-electron chi connectivity index (χ3n) is 7.47. The highest BCUT2D eigenvalue weighted by Crippen LogP contribution is 2.31. The Hall–Kier alpha value is -3.46. The molecule has 1 saturated carbocycles. The minimum atomic E-state index is -4.04. The largest absolute Gasteiger partial charge is 0.388 e. The van der Waals surface area contributed by atoms with Crippen LogP contribution in [-0.2, 0) is 19.1 Å². The zero-order valence-electron chi connectivity index (χ0n) is 22.0. The van der Waals surface area contributed by atoms with E-state index >= 15 is 0 Å². The van der Waals surface area contributed by atoms with Crippen LogP contribution in [0.3, 0.4) is 0 Å². The molecular weight excluding hydrogens is 512 g/mol. The smallest absolute Gasteiger partial charge is 0.297 e. The molecule has 0 bridgehead atoms. The third-order valence-corrected chi connectivity index (χ3v) is 8.77. The van der Waals surface area contributed by atoms with Crippen molar-refractivity contribution in [3.63, 3.8) is 0 Å². The first kappa shape index (κ1) is 27.1. The minimum Gasteiger partial charge on any atom is -0.388 e. The van der Waals surface area contributed by atoms with Gasteiger partial charge in [0.2, 0.25) is 5.91 Å². The number of amides is 1. The highest BCUT2D eigenvalue weighted by atomic mass is 32.2. The number of nitrogens with zero attached hydrogens (tertiary/aromatic N) is 1. The first-order valence-electron chi connectivity index (χ1n) is 13.4. The van der Waals surface area contributed by atoms with Crippen LogP contribution in [-0.4, -0.2) is 36.7 Å². The van der Waals surface area contributed by atoms with Gasteiger partial charge in [-0.1, -0.05) is 67.3 Å². The van der Waals surface area contributed by atoms with E-state index in [9.17, 15) is 18.3 Å². The van der Waals surface area contributed by atoms with Crippen LogP contribution in [0.2, 0.25) is 0 Å². The number of benzene rings is 3. The van der Waals surface area contributed by atoms with Crippen LogP contribution in [0.1, 0.15) is 49.3 Å². The lowest BCUT2D eigenvalue weighted by Crippen LogP contribution is -2.30. The SMILES string of the molecule is Cc1ccc(S(=O)(=O)OC[C@@H](O)[C@H](c2ccccc2)n2ccc3cc(NC(=O)C4CCCCC4)ccc32)cc1. The third kappa shape index (κ3) is 6.24. The van der Waals surface area contributed by atoms with Crippen molar-refractivity contribution in [2.75, 3.05) is 11.9 Å². The number of carbonyl (C=O) groups excluding carboxylic acids is 1. The fraction of sp³-hybridized carbons (Fsp3) is 0.323. The van der Waals surface area contributed by atoms with Crippen LogP contribution in [0.25, 0.3) is 10.9 Å². The number of fused-ring (bicyclic) bond motifs is 1. The van der Waals surface area contributed by atoms with Crippen molar-refractivity contribution in [1.29, 1.82) is 0 Å². The second kappa shape index (κ2) is 11.7. The molecule has 4 aromatic rings. The topological polar surface area (TPSA) is 97.6 Å². The molecule has 1 heterocycles. The molecule has 5 rings (SSSR count). The fourth-order valence-electron chi connectivity index (χ4n) is 5.34. The molecule has 2 N–H and O–H groups in total. The number of carbonyl (C=O) groups is 1. The summed E-state index contributed by atoms with van der Waals surface area (Å²) in [6.07, 6.45) is 5.96. The van der Waals surface area contributed by atoms with E-state index in [1.165, 1.54) is 18.6 Å². The molecule has 204 valence electrons. The maximum Gasteiger partial charge on any atom is 0.297 e. The van der Waals surface area contributed by atoms with E-state index in [0.29, 0.717) is 0 Å². The summed E-state index contributed by atoms with van der Waals surface area (Å²) in [4.78, 5) is 12.8. The molecule has 1 aromatic heterocycles. The fourth-order valence-corrected chi connectivity index (χ4v) is 6.26. The number of hydrogen-bond donors (Lipinski definition) is 2. The average molecular weight is 547 g/mol. The van der Waals surface area contributed by atoms with E-state index in [1.807, 2.05) is 72.3 Å². The Labute approximate surface area is 229 Å². The molecule has 1 amide bonds. The number of aromatic nitrogens is 1. The van der Waals surface area contributed by atoms with Crippen LogP contribution in [0.4, 0.5) is 5.69 Å². The van der Waals surface area contributed by atoms with E-state index in [4.69, 9.17) is 4.18 Å². The van der Waals surface area contributed by atoms with Gasteiger partial charge >= 0.3 is 0 Å². The summed E-state index contributed by atoms with van der Waals surface area (Å²) in [5.74, 6) is 0.130. The van der Waals surface area contributed by atoms with Crippen LogP contribution < -0.4 is 5.32 Å². The summed E-state index contributed by atoms with van der Waals surface area (Å²) in [6, 6.07) is 22.9. The van der Waals surface area contributed by atoms with Gasteiger partial charge in [-0.15, -0.1) is 0 Å². The number of aryl methyl sites for hydroxylation is 1. The van der Waals surface area contributed by atoms with Crippen LogP contribution in [0, 0.1) is 12.8 Å². The zero-order valence-corrected chi connectivity index (χ0v) is 22.8. The quantitative estimate of drug-likeness (QED) is 0.258. The van der Waals surface area contributed by atoms with Gasteiger partial charge in [0.1, 0.15) is 6.10 Å². The van der Waals surface area contributed by atoms with Crippen molar-refractivity contribution in [3.05, 3.63) is 96.2 Å². The van der Waals surface area contributed by atoms with Gasteiger partial charge in [0.25, 0.3) is 10.1 Å². The van der Waals surface area contributed by atoms with E-state index in [0.717, 1.165) is 53.4 Å². The Bertz CT molecular complexity index is 1520. The maximum atomic E-state index is 12.8. The molecule has 0 spiro atoms. The Morgan fingerprint density at radius 2 is 1.72 bits per heavy atom. The van der Waals surface area contributed by atoms with Crippen molar-refractivity contribution in [2.45, 2.75) is 56.1 Å². The minimum absolute atomic E-state index is 0.0470. The van der Waals surface area contributed by atoms with E-state index in [-0.39, 0.29) is 16.7 Å². The van der Waals surface area contributed by atoms with Crippen molar-refractivity contribution >= 4 is 32.6 Å². The molecule has 3 aromatic carbocycles. The molecule has 0 aliphatic heterocycles. The molecule has 2 atom stereocenters. The van der Waals surface area contributed by atoms with Crippen LogP contribution >= 0.6 is 0 Å². The van der Waals surface area contributed by atoms with Gasteiger partial charge in [-0.05, 0) is 61.7 Å². The van der Waals surface area contributed by atoms with Gasteiger partial charge in [-0.2, -0.15) is 8.42 Å². The summed E-state index contributed by atoms with van der Waals surface area (Å²) < 4.78 is 32.8. The van der Waals surface area contributed by atoms with E-state index in [2.05, 4.69) is 5.32 Å². The standard InChI is InChI=1S/C31H34N2O5S/c1-22-12-15-27(16-13-22)39(36,37)38-21-29(34)30(23-8-4-2-5-9-23)33-19-18-25-20-26(14-17-28(25)33)32-31(35)24-10-6-3-7-11-24/h2,4-5,8-9,12-20,24,29-30,34H,3,6-7,10-11,21H2,1H3,(H,32,35)/t29-,30+/m1/s1. The number of anilines is 1. The molecule has 1 aliphatic carbocycles. The Kier molecular flexibility index (Phi) is 8.16. The molecular formula is C31H34N2O5S. The molecule has 0 saturated heterocycles. The number of rotatable bonds is 9. The number of aliphatic hydroxyl groups excluding tert-OH is 1. The number of hydrogen-bond acceptors (Lipinski definition) is 5. The van der Waals surface area contributed by atoms with E-state index < -0.39 is 28.9 Å². The summed E-state index contributed by atoms with van der Waals surface area (Å²) >= 11 is 0. The zero-order chi connectivity index (χ0) is 27.4. The molecule has 0 unspecified atom stereocenters. The molecule has 1 fully saturated rings. The maximum absolute atomic E-state index is 12.8. The van der Waals surface area contributed by atoms with Gasteiger partial charge in [0, 0.05) is 28.7 Å². The Morgan fingerprint density at radius 1 is 1.00 bits per heavy atom. The number of aliphatic hydroxyl groups is 1.